The van der Waals surface area contributed by atoms with Gasteiger partial charge >= 0.3 is 0 Å². The topological polar surface area (TPSA) is 47.0 Å². The van der Waals surface area contributed by atoms with Gasteiger partial charge in [0.2, 0.25) is 5.28 Å². The molecule has 0 bridgehead atoms. The first-order valence-electron chi connectivity index (χ1n) is 5.64. The molecule has 0 amide bonds. The van der Waals surface area contributed by atoms with Crippen LogP contribution in [0.2, 0.25) is 5.28 Å². The van der Waals surface area contributed by atoms with E-state index in [1.165, 1.54) is 13.2 Å². The minimum atomic E-state index is -0.461. The predicted octanol–water partition coefficient (Wildman–Crippen LogP) is 3.01. The van der Waals surface area contributed by atoms with E-state index in [-0.39, 0.29) is 11.0 Å². The second-order valence-corrected chi connectivity index (χ2v) is 4.60. The van der Waals surface area contributed by atoms with Crippen LogP contribution in [0.4, 0.5) is 10.2 Å². The number of rotatable bonds is 3. The maximum Gasteiger partial charge on any atom is 0.224 e. The Bertz CT molecular complexity index is 616. The van der Waals surface area contributed by atoms with Crippen molar-refractivity contribution in [2.45, 2.75) is 18.9 Å². The fraction of sp³-hybridized carbons (Fsp3) is 0.333. The van der Waals surface area contributed by atoms with Crippen molar-refractivity contribution in [1.29, 1.82) is 0 Å². The molecule has 94 valence electrons. The number of methoxy groups -OCH3 is 1. The summed E-state index contributed by atoms with van der Waals surface area (Å²) in [6, 6.07) is 3.32. The molecular weight excluding hydrogens is 257 g/mol. The van der Waals surface area contributed by atoms with Crippen molar-refractivity contribution in [3.63, 3.8) is 0 Å². The van der Waals surface area contributed by atoms with E-state index < -0.39 is 5.82 Å². The number of fused-ring (bicyclic) bond motifs is 1. The fourth-order valence-electron chi connectivity index (χ4n) is 1.79. The maximum absolute atomic E-state index is 13.6. The zero-order chi connectivity index (χ0) is 12.7. The lowest BCUT2D eigenvalue weighted by Crippen LogP contribution is -2.05. The third-order valence-corrected chi connectivity index (χ3v) is 3.03. The molecule has 0 radical (unpaired) electrons. The lowest BCUT2D eigenvalue weighted by Gasteiger charge is -2.10. The Kier molecular flexibility index (Phi) is 2.70. The highest BCUT2D eigenvalue weighted by Gasteiger charge is 2.23. The standard InChI is InChI=1S/C12H11ClFN3O/c1-18-10-4-7-9(5-8(10)14)16-12(13)17-11(7)15-6-2-3-6/h4-6H,2-3H2,1H3,(H,15,16,17). The van der Waals surface area contributed by atoms with E-state index in [1.54, 1.807) is 6.07 Å². The van der Waals surface area contributed by atoms with Gasteiger partial charge in [0.05, 0.1) is 12.6 Å². The molecule has 3 rings (SSSR count). The SMILES string of the molecule is COc1cc2c(NC3CC3)nc(Cl)nc2cc1F. The Morgan fingerprint density at radius 2 is 2.17 bits per heavy atom. The van der Waals surface area contributed by atoms with Gasteiger partial charge in [-0.15, -0.1) is 0 Å². The second-order valence-electron chi connectivity index (χ2n) is 4.26. The van der Waals surface area contributed by atoms with Crippen LogP contribution < -0.4 is 10.1 Å². The lowest BCUT2D eigenvalue weighted by atomic mass is 10.2. The number of aromatic nitrogens is 2. The Labute approximate surface area is 108 Å². The van der Waals surface area contributed by atoms with Gasteiger partial charge in [0.25, 0.3) is 0 Å². The number of anilines is 1. The summed E-state index contributed by atoms with van der Waals surface area (Å²) in [5, 5.41) is 4.08. The first-order valence-corrected chi connectivity index (χ1v) is 6.02. The van der Waals surface area contributed by atoms with E-state index in [9.17, 15) is 4.39 Å². The summed E-state index contributed by atoms with van der Waals surface area (Å²) in [5.41, 5.74) is 0.469. The van der Waals surface area contributed by atoms with E-state index in [4.69, 9.17) is 16.3 Å². The molecule has 1 heterocycles. The van der Waals surface area contributed by atoms with Crippen molar-refractivity contribution in [2.24, 2.45) is 0 Å². The molecular formula is C12H11ClFN3O. The number of benzene rings is 1. The molecule has 1 N–H and O–H groups in total. The van der Waals surface area contributed by atoms with E-state index in [0.29, 0.717) is 22.8 Å². The van der Waals surface area contributed by atoms with Gasteiger partial charge in [0.1, 0.15) is 5.82 Å². The monoisotopic (exact) mass is 267 g/mol. The number of hydrogen-bond acceptors (Lipinski definition) is 4. The van der Waals surface area contributed by atoms with Crippen LogP contribution in [-0.2, 0) is 0 Å². The van der Waals surface area contributed by atoms with E-state index in [2.05, 4.69) is 15.3 Å². The van der Waals surface area contributed by atoms with Gasteiger partial charge in [0, 0.05) is 17.5 Å². The highest BCUT2D eigenvalue weighted by atomic mass is 35.5. The molecule has 1 saturated carbocycles. The summed E-state index contributed by atoms with van der Waals surface area (Å²) in [5.74, 6) is 0.343. The molecule has 6 heteroatoms. The van der Waals surface area contributed by atoms with Crippen molar-refractivity contribution in [2.75, 3.05) is 12.4 Å². The smallest absolute Gasteiger partial charge is 0.224 e. The number of ether oxygens (including phenoxy) is 1. The first kappa shape index (κ1) is 11.5. The minimum Gasteiger partial charge on any atom is -0.494 e. The zero-order valence-corrected chi connectivity index (χ0v) is 10.5. The lowest BCUT2D eigenvalue weighted by molar-refractivity contribution is 0.387. The summed E-state index contributed by atoms with van der Waals surface area (Å²) in [6.07, 6.45) is 2.23. The maximum atomic E-state index is 13.6. The highest BCUT2D eigenvalue weighted by molar-refractivity contribution is 6.28. The largest absolute Gasteiger partial charge is 0.494 e. The highest BCUT2D eigenvalue weighted by Crippen LogP contribution is 2.32. The summed E-state index contributed by atoms with van der Waals surface area (Å²) in [7, 11) is 1.43. The molecule has 2 aromatic rings. The molecule has 0 spiro atoms. The normalized spacial score (nSPS) is 14.8. The molecule has 4 nitrogen and oxygen atoms in total. The molecule has 0 aliphatic heterocycles. The molecule has 0 unspecified atom stereocenters. The first-order chi connectivity index (χ1) is 8.67. The van der Waals surface area contributed by atoms with Crippen LogP contribution in [-0.4, -0.2) is 23.1 Å². The van der Waals surface area contributed by atoms with Gasteiger partial charge in [-0.3, -0.25) is 0 Å². The Balaban J connectivity index is 2.18. The van der Waals surface area contributed by atoms with Crippen molar-refractivity contribution >= 4 is 28.3 Å². The summed E-state index contributed by atoms with van der Waals surface area (Å²) in [4.78, 5) is 8.17. The van der Waals surface area contributed by atoms with Crippen LogP contribution in [0.1, 0.15) is 12.8 Å². The molecule has 1 fully saturated rings. The average molecular weight is 268 g/mol. The van der Waals surface area contributed by atoms with Crippen molar-refractivity contribution in [3.8, 4) is 5.75 Å². The van der Waals surface area contributed by atoms with E-state index >= 15 is 0 Å². The van der Waals surface area contributed by atoms with E-state index in [0.717, 1.165) is 12.8 Å². The van der Waals surface area contributed by atoms with Gasteiger partial charge in [-0.1, -0.05) is 0 Å². The third-order valence-electron chi connectivity index (χ3n) is 2.86. The van der Waals surface area contributed by atoms with Gasteiger partial charge in [-0.25, -0.2) is 14.4 Å². The van der Waals surface area contributed by atoms with Crippen molar-refractivity contribution in [3.05, 3.63) is 23.2 Å². The Morgan fingerprint density at radius 1 is 1.39 bits per heavy atom. The fourth-order valence-corrected chi connectivity index (χ4v) is 1.96. The number of halogens is 2. The quantitative estimate of drug-likeness (QED) is 0.869. The third kappa shape index (κ3) is 2.06. The number of nitrogens with one attached hydrogen (secondary N) is 1. The molecule has 1 aromatic carbocycles. The number of hydrogen-bond donors (Lipinski definition) is 1. The Morgan fingerprint density at radius 3 is 2.83 bits per heavy atom. The van der Waals surface area contributed by atoms with Crippen LogP contribution in [0.15, 0.2) is 12.1 Å². The number of nitrogens with zero attached hydrogens (tertiary/aromatic N) is 2. The van der Waals surface area contributed by atoms with Crippen molar-refractivity contribution in [1.82, 2.24) is 9.97 Å². The molecule has 18 heavy (non-hydrogen) atoms. The van der Waals surface area contributed by atoms with Gasteiger partial charge in [-0.05, 0) is 30.5 Å². The van der Waals surface area contributed by atoms with Crippen LogP contribution in [0.25, 0.3) is 10.9 Å². The van der Waals surface area contributed by atoms with Gasteiger partial charge in [0.15, 0.2) is 11.6 Å². The molecule has 1 aliphatic rings. The molecule has 1 aromatic heterocycles. The molecule has 0 saturated heterocycles. The van der Waals surface area contributed by atoms with Crippen LogP contribution in [0, 0.1) is 5.82 Å². The van der Waals surface area contributed by atoms with Crippen LogP contribution in [0.3, 0.4) is 0 Å². The minimum absolute atomic E-state index is 0.107. The van der Waals surface area contributed by atoms with Crippen LogP contribution >= 0.6 is 11.6 Å². The summed E-state index contributed by atoms with van der Waals surface area (Å²) >= 11 is 5.84. The zero-order valence-electron chi connectivity index (χ0n) is 9.70. The van der Waals surface area contributed by atoms with Gasteiger partial charge in [-0.2, -0.15) is 0 Å². The van der Waals surface area contributed by atoms with Gasteiger partial charge < -0.3 is 10.1 Å². The van der Waals surface area contributed by atoms with Crippen molar-refractivity contribution < 1.29 is 9.13 Å². The summed E-state index contributed by atoms with van der Waals surface area (Å²) in [6.45, 7) is 0. The van der Waals surface area contributed by atoms with E-state index in [1.807, 2.05) is 0 Å². The summed E-state index contributed by atoms with van der Waals surface area (Å²) < 4.78 is 18.6. The predicted molar refractivity (Wildman–Crippen MR) is 67.7 cm³/mol. The molecule has 0 atom stereocenters. The Hall–Kier alpha value is -1.62. The second kappa shape index (κ2) is 4.24. The van der Waals surface area contributed by atoms with Crippen LogP contribution in [0.5, 0.6) is 5.75 Å². The average Bonchev–Trinajstić information content (AvgIpc) is 3.12. The molecule has 1 aliphatic carbocycles.